The average molecular weight is 314 g/mol. The van der Waals surface area contributed by atoms with Crippen LogP contribution in [0.5, 0.6) is 5.75 Å². The molecule has 0 aromatic carbocycles. The van der Waals surface area contributed by atoms with Gasteiger partial charge in [0, 0.05) is 29.8 Å². The zero-order chi connectivity index (χ0) is 14.7. The Morgan fingerprint density at radius 2 is 2.30 bits per heavy atom. The van der Waals surface area contributed by atoms with Crippen LogP contribution in [0.15, 0.2) is 11.4 Å². The monoisotopic (exact) mass is 313 g/mol. The molecule has 2 aromatic heterocycles. The van der Waals surface area contributed by atoms with Gasteiger partial charge in [0.1, 0.15) is 5.75 Å². The Hall–Kier alpha value is -1.04. The molecule has 1 N–H and O–H groups in total. The fraction of sp³-hybridized carbons (Fsp3) is 0.500. The maximum absolute atomic E-state index is 6.35. The summed E-state index contributed by atoms with van der Waals surface area (Å²) in [5.74, 6) is 0.903. The standard InChI is InChI=1S/C14H20ClN3OS/c1-5-16-11(13-6-10(19-4)8-20-13)7-12-14(15)9(2)17-18(12)3/h6,8,11,16H,5,7H2,1-4H3. The molecule has 0 fully saturated rings. The van der Waals surface area contributed by atoms with Gasteiger partial charge in [0.25, 0.3) is 0 Å². The molecule has 2 rings (SSSR count). The summed E-state index contributed by atoms with van der Waals surface area (Å²) in [4.78, 5) is 1.25. The van der Waals surface area contributed by atoms with Gasteiger partial charge in [-0.25, -0.2) is 0 Å². The van der Waals surface area contributed by atoms with Gasteiger partial charge >= 0.3 is 0 Å². The summed E-state index contributed by atoms with van der Waals surface area (Å²) in [5.41, 5.74) is 1.94. The molecule has 20 heavy (non-hydrogen) atoms. The Morgan fingerprint density at radius 3 is 2.80 bits per heavy atom. The van der Waals surface area contributed by atoms with Crippen molar-refractivity contribution < 1.29 is 4.74 Å². The van der Waals surface area contributed by atoms with E-state index in [0.29, 0.717) is 0 Å². The summed E-state index contributed by atoms with van der Waals surface area (Å²) in [7, 11) is 3.63. The molecule has 0 saturated carbocycles. The first-order valence-electron chi connectivity index (χ1n) is 6.60. The van der Waals surface area contributed by atoms with Crippen LogP contribution in [0.3, 0.4) is 0 Å². The quantitative estimate of drug-likeness (QED) is 0.889. The Kier molecular flexibility index (Phi) is 5.07. The van der Waals surface area contributed by atoms with Gasteiger partial charge in [0.05, 0.1) is 23.5 Å². The molecule has 0 aliphatic carbocycles. The molecule has 1 atom stereocenters. The number of ether oxygens (including phenoxy) is 1. The molecule has 0 spiro atoms. The van der Waals surface area contributed by atoms with Crippen molar-refractivity contribution in [2.45, 2.75) is 26.3 Å². The zero-order valence-electron chi connectivity index (χ0n) is 12.2. The molecule has 110 valence electrons. The summed E-state index contributed by atoms with van der Waals surface area (Å²) >= 11 is 8.05. The third-order valence-corrected chi connectivity index (χ3v) is 4.80. The number of nitrogens with one attached hydrogen (secondary N) is 1. The number of rotatable bonds is 6. The Labute approximate surface area is 128 Å². The lowest BCUT2D eigenvalue weighted by atomic mass is 10.1. The van der Waals surface area contributed by atoms with Crippen molar-refractivity contribution in [1.29, 1.82) is 0 Å². The predicted molar refractivity (Wildman–Crippen MR) is 83.9 cm³/mol. The largest absolute Gasteiger partial charge is 0.496 e. The molecular weight excluding hydrogens is 294 g/mol. The molecule has 0 bridgehead atoms. The summed E-state index contributed by atoms with van der Waals surface area (Å²) in [6.07, 6.45) is 0.813. The lowest BCUT2D eigenvalue weighted by Gasteiger charge is -2.16. The second-order valence-corrected chi connectivity index (χ2v) is 5.99. The Balaban J connectivity index is 2.25. The number of aromatic nitrogens is 2. The van der Waals surface area contributed by atoms with E-state index in [1.54, 1.807) is 18.4 Å². The van der Waals surface area contributed by atoms with Crippen molar-refractivity contribution in [3.05, 3.63) is 32.7 Å². The normalized spacial score (nSPS) is 12.7. The Morgan fingerprint density at radius 1 is 1.55 bits per heavy atom. The first-order chi connectivity index (χ1) is 9.56. The maximum Gasteiger partial charge on any atom is 0.129 e. The molecule has 0 saturated heterocycles. The fourth-order valence-corrected chi connectivity index (χ4v) is 3.41. The summed E-state index contributed by atoms with van der Waals surface area (Å²) in [5, 5.41) is 10.7. The molecule has 2 aromatic rings. The van der Waals surface area contributed by atoms with Gasteiger partial charge in [-0.15, -0.1) is 11.3 Å². The van der Waals surface area contributed by atoms with Gasteiger partial charge in [0.15, 0.2) is 0 Å². The van der Waals surface area contributed by atoms with Crippen molar-refractivity contribution in [1.82, 2.24) is 15.1 Å². The van der Waals surface area contributed by atoms with Crippen LogP contribution < -0.4 is 10.1 Å². The van der Waals surface area contributed by atoms with Crippen LogP contribution in [0.25, 0.3) is 0 Å². The molecular formula is C14H20ClN3OS. The fourth-order valence-electron chi connectivity index (χ4n) is 2.24. The van der Waals surface area contributed by atoms with E-state index in [9.17, 15) is 0 Å². The highest BCUT2D eigenvalue weighted by Crippen LogP contribution is 2.31. The number of likely N-dealkylation sites (N-methyl/N-ethyl adjacent to an activating group) is 1. The number of nitrogens with zero attached hydrogens (tertiary/aromatic N) is 2. The number of aryl methyl sites for hydroxylation is 2. The minimum absolute atomic E-state index is 0.223. The minimum Gasteiger partial charge on any atom is -0.496 e. The second-order valence-electron chi connectivity index (χ2n) is 4.67. The third kappa shape index (κ3) is 3.16. The SMILES string of the molecule is CCNC(Cc1c(Cl)c(C)nn1C)c1cc(OC)cs1. The van der Waals surface area contributed by atoms with Gasteiger partial charge in [-0.05, 0) is 19.5 Å². The van der Waals surface area contributed by atoms with E-state index in [4.69, 9.17) is 16.3 Å². The average Bonchev–Trinajstić information content (AvgIpc) is 2.98. The van der Waals surface area contributed by atoms with Gasteiger partial charge in [-0.2, -0.15) is 5.10 Å². The smallest absolute Gasteiger partial charge is 0.129 e. The van der Waals surface area contributed by atoms with Crippen molar-refractivity contribution in [2.75, 3.05) is 13.7 Å². The summed E-state index contributed by atoms with van der Waals surface area (Å²) in [6, 6.07) is 2.30. The molecule has 0 aliphatic heterocycles. The topological polar surface area (TPSA) is 39.1 Å². The number of thiophene rings is 1. The summed E-state index contributed by atoms with van der Waals surface area (Å²) in [6.45, 7) is 4.94. The van der Waals surface area contributed by atoms with Gasteiger partial charge in [-0.1, -0.05) is 18.5 Å². The van der Waals surface area contributed by atoms with Crippen LogP contribution in [0.1, 0.15) is 29.2 Å². The Bertz CT molecular complexity index is 579. The molecule has 0 aliphatic rings. The molecule has 1 unspecified atom stereocenters. The first-order valence-corrected chi connectivity index (χ1v) is 7.86. The van der Waals surface area contributed by atoms with Crippen LogP contribution in [-0.2, 0) is 13.5 Å². The van der Waals surface area contributed by atoms with Gasteiger partial charge in [-0.3, -0.25) is 4.68 Å². The molecule has 6 heteroatoms. The first kappa shape index (κ1) is 15.4. The van der Waals surface area contributed by atoms with Gasteiger partial charge in [0.2, 0.25) is 0 Å². The number of hydrogen-bond donors (Lipinski definition) is 1. The number of halogens is 1. The van der Waals surface area contributed by atoms with Crippen LogP contribution in [-0.4, -0.2) is 23.4 Å². The summed E-state index contributed by atoms with van der Waals surface area (Å²) < 4.78 is 7.13. The van der Waals surface area contributed by atoms with E-state index in [1.165, 1.54) is 4.88 Å². The number of hydrogen-bond acceptors (Lipinski definition) is 4. The van der Waals surface area contributed by atoms with E-state index >= 15 is 0 Å². The molecule has 0 amide bonds. The van der Waals surface area contributed by atoms with Crippen LogP contribution in [0, 0.1) is 6.92 Å². The van der Waals surface area contributed by atoms with Crippen LogP contribution in [0.4, 0.5) is 0 Å². The lowest BCUT2D eigenvalue weighted by molar-refractivity contribution is 0.415. The maximum atomic E-state index is 6.35. The molecule has 2 heterocycles. The lowest BCUT2D eigenvalue weighted by Crippen LogP contribution is -2.23. The van der Waals surface area contributed by atoms with E-state index in [2.05, 4.69) is 23.4 Å². The van der Waals surface area contributed by atoms with E-state index in [1.807, 2.05) is 24.0 Å². The van der Waals surface area contributed by atoms with Gasteiger partial charge < -0.3 is 10.1 Å². The van der Waals surface area contributed by atoms with Crippen molar-refractivity contribution in [3.63, 3.8) is 0 Å². The predicted octanol–water partition coefficient (Wildman–Crippen LogP) is 3.35. The van der Waals surface area contributed by atoms with E-state index in [-0.39, 0.29) is 6.04 Å². The molecule has 0 radical (unpaired) electrons. The highest BCUT2D eigenvalue weighted by atomic mass is 35.5. The minimum atomic E-state index is 0.223. The second kappa shape index (κ2) is 6.61. The number of methoxy groups -OCH3 is 1. The van der Waals surface area contributed by atoms with Crippen LogP contribution in [0.2, 0.25) is 5.02 Å². The van der Waals surface area contributed by atoms with Crippen molar-refractivity contribution >= 4 is 22.9 Å². The van der Waals surface area contributed by atoms with E-state index in [0.717, 1.165) is 35.1 Å². The highest BCUT2D eigenvalue weighted by Gasteiger charge is 2.19. The van der Waals surface area contributed by atoms with Crippen LogP contribution >= 0.6 is 22.9 Å². The van der Waals surface area contributed by atoms with E-state index < -0.39 is 0 Å². The zero-order valence-corrected chi connectivity index (χ0v) is 13.8. The molecule has 4 nitrogen and oxygen atoms in total. The van der Waals surface area contributed by atoms with Crippen molar-refractivity contribution in [3.8, 4) is 5.75 Å². The third-order valence-electron chi connectivity index (χ3n) is 3.28. The van der Waals surface area contributed by atoms with Crippen molar-refractivity contribution in [2.24, 2.45) is 7.05 Å². The highest BCUT2D eigenvalue weighted by molar-refractivity contribution is 7.10.